The van der Waals surface area contributed by atoms with E-state index < -0.39 is 0 Å². The fraction of sp³-hybridized carbons (Fsp3) is 0.684. The normalized spacial score (nSPS) is 12.8. The van der Waals surface area contributed by atoms with Crippen LogP contribution in [0.1, 0.15) is 59.6 Å². The number of nitrogens with one attached hydrogen (secondary N) is 1. The molecule has 0 heterocycles. The molecule has 120 valence electrons. The third-order valence-corrected chi connectivity index (χ3v) is 3.55. The molecule has 1 aromatic carbocycles. The molecule has 0 amide bonds. The van der Waals surface area contributed by atoms with E-state index in [9.17, 15) is 0 Å². The molecule has 0 unspecified atom stereocenters. The molecule has 0 radical (unpaired) electrons. The van der Waals surface area contributed by atoms with Crippen molar-refractivity contribution in [2.45, 2.75) is 66.8 Å². The van der Waals surface area contributed by atoms with E-state index in [1.165, 1.54) is 11.1 Å². The van der Waals surface area contributed by atoms with E-state index in [0.29, 0.717) is 6.04 Å². The van der Waals surface area contributed by atoms with Gasteiger partial charge in [-0.3, -0.25) is 0 Å². The fourth-order valence-corrected chi connectivity index (χ4v) is 2.16. The summed E-state index contributed by atoms with van der Waals surface area (Å²) >= 11 is 0. The van der Waals surface area contributed by atoms with E-state index in [-0.39, 0.29) is 10.8 Å². The maximum atomic E-state index is 6.18. The topological polar surface area (TPSA) is 21.3 Å². The first kappa shape index (κ1) is 18.0. The van der Waals surface area contributed by atoms with Crippen LogP contribution in [0.25, 0.3) is 0 Å². The van der Waals surface area contributed by atoms with Crippen molar-refractivity contribution < 1.29 is 4.74 Å². The van der Waals surface area contributed by atoms with E-state index in [1.807, 2.05) is 0 Å². The van der Waals surface area contributed by atoms with Gasteiger partial charge in [-0.15, -0.1) is 0 Å². The van der Waals surface area contributed by atoms with Gasteiger partial charge in [0.1, 0.15) is 5.75 Å². The lowest BCUT2D eigenvalue weighted by molar-refractivity contribution is 0.171. The highest BCUT2D eigenvalue weighted by molar-refractivity contribution is 5.41. The van der Waals surface area contributed by atoms with Crippen molar-refractivity contribution >= 4 is 0 Å². The zero-order valence-electron chi connectivity index (χ0n) is 15.1. The first-order valence-electron chi connectivity index (χ1n) is 7.98. The molecule has 1 rings (SSSR count). The highest BCUT2D eigenvalue weighted by Crippen LogP contribution is 2.33. The van der Waals surface area contributed by atoms with Crippen molar-refractivity contribution in [3.63, 3.8) is 0 Å². The van der Waals surface area contributed by atoms with Crippen LogP contribution >= 0.6 is 0 Å². The van der Waals surface area contributed by atoms with Gasteiger partial charge >= 0.3 is 0 Å². The van der Waals surface area contributed by atoms with Gasteiger partial charge in [0.2, 0.25) is 0 Å². The molecule has 0 spiro atoms. The minimum Gasteiger partial charge on any atom is -0.493 e. The molecule has 0 fully saturated rings. The summed E-state index contributed by atoms with van der Waals surface area (Å²) in [5, 5.41) is 3.50. The average molecular weight is 291 g/mol. The van der Waals surface area contributed by atoms with Gasteiger partial charge in [-0.25, -0.2) is 0 Å². The Balaban J connectivity index is 2.80. The lowest BCUT2D eigenvalue weighted by Crippen LogP contribution is -2.37. The number of rotatable bonds is 6. The first-order chi connectivity index (χ1) is 9.51. The van der Waals surface area contributed by atoms with Crippen LogP contribution in [0, 0.1) is 12.3 Å². The molecule has 21 heavy (non-hydrogen) atoms. The average Bonchev–Trinajstić information content (AvgIpc) is 2.34. The summed E-state index contributed by atoms with van der Waals surface area (Å²) in [5.74, 6) is 1.02. The summed E-state index contributed by atoms with van der Waals surface area (Å²) in [6, 6.07) is 6.99. The van der Waals surface area contributed by atoms with E-state index in [1.54, 1.807) is 0 Å². The molecule has 2 heteroatoms. The van der Waals surface area contributed by atoms with Gasteiger partial charge in [-0.1, -0.05) is 66.2 Å². The number of benzene rings is 1. The Morgan fingerprint density at radius 3 is 2.24 bits per heavy atom. The highest BCUT2D eigenvalue weighted by atomic mass is 16.5. The van der Waals surface area contributed by atoms with Gasteiger partial charge in [0.15, 0.2) is 0 Å². The van der Waals surface area contributed by atoms with Crippen LogP contribution in [-0.4, -0.2) is 19.2 Å². The van der Waals surface area contributed by atoms with Gasteiger partial charge in [-0.2, -0.15) is 0 Å². The number of ether oxygens (including phenoxy) is 1. The second-order valence-electron chi connectivity index (χ2n) is 8.24. The maximum Gasteiger partial charge on any atom is 0.123 e. The van der Waals surface area contributed by atoms with Gasteiger partial charge in [0, 0.05) is 18.0 Å². The van der Waals surface area contributed by atoms with E-state index in [4.69, 9.17) is 4.74 Å². The standard InChI is InChI=1S/C19H33NO/c1-14(2)20-12-19(7,8)13-21-17-10-9-15(3)11-16(17)18(4,5)6/h9-11,14,20H,12-13H2,1-8H3. The summed E-state index contributed by atoms with van der Waals surface area (Å²) in [6.07, 6.45) is 0. The van der Waals surface area contributed by atoms with Crippen LogP contribution in [0.5, 0.6) is 5.75 Å². The minimum atomic E-state index is 0.0989. The largest absolute Gasteiger partial charge is 0.493 e. The molecular formula is C19H33NO. The van der Waals surface area contributed by atoms with Crippen molar-refractivity contribution in [3.8, 4) is 5.75 Å². The summed E-state index contributed by atoms with van der Waals surface area (Å²) in [6.45, 7) is 19.4. The van der Waals surface area contributed by atoms with Crippen LogP contribution in [0.15, 0.2) is 18.2 Å². The monoisotopic (exact) mass is 291 g/mol. The Labute approximate surface area is 131 Å². The third kappa shape index (κ3) is 6.09. The smallest absolute Gasteiger partial charge is 0.123 e. The SMILES string of the molecule is Cc1ccc(OCC(C)(C)CNC(C)C)c(C(C)(C)C)c1. The second-order valence-corrected chi connectivity index (χ2v) is 8.24. The molecule has 0 saturated heterocycles. The molecule has 1 aromatic rings. The van der Waals surface area contributed by atoms with E-state index >= 15 is 0 Å². The lowest BCUT2D eigenvalue weighted by atomic mass is 9.85. The van der Waals surface area contributed by atoms with E-state index in [0.717, 1.165) is 18.9 Å². The van der Waals surface area contributed by atoms with Crippen LogP contribution in [0.3, 0.4) is 0 Å². The van der Waals surface area contributed by atoms with Crippen molar-refractivity contribution in [1.82, 2.24) is 5.32 Å². The number of aryl methyl sites for hydroxylation is 1. The zero-order valence-corrected chi connectivity index (χ0v) is 15.1. The summed E-state index contributed by atoms with van der Waals surface area (Å²) in [7, 11) is 0. The third-order valence-electron chi connectivity index (χ3n) is 3.55. The maximum absolute atomic E-state index is 6.18. The van der Waals surface area contributed by atoms with Gasteiger partial charge in [-0.05, 0) is 24.0 Å². The Morgan fingerprint density at radius 1 is 1.10 bits per heavy atom. The number of hydrogen-bond acceptors (Lipinski definition) is 2. The molecule has 0 aliphatic carbocycles. The van der Waals surface area contributed by atoms with Crippen LogP contribution in [-0.2, 0) is 5.41 Å². The zero-order chi connectivity index (χ0) is 16.3. The molecule has 0 aliphatic rings. The van der Waals surface area contributed by atoms with Gasteiger partial charge in [0.25, 0.3) is 0 Å². The summed E-state index contributed by atoms with van der Waals surface area (Å²) < 4.78 is 6.18. The molecule has 0 aliphatic heterocycles. The molecular weight excluding hydrogens is 258 g/mol. The molecule has 0 aromatic heterocycles. The number of hydrogen-bond donors (Lipinski definition) is 1. The van der Waals surface area contributed by atoms with Crippen molar-refractivity contribution in [2.24, 2.45) is 5.41 Å². The Bertz CT molecular complexity index is 455. The van der Waals surface area contributed by atoms with Crippen molar-refractivity contribution in [3.05, 3.63) is 29.3 Å². The summed E-state index contributed by atoms with van der Waals surface area (Å²) in [4.78, 5) is 0. The second kappa shape index (κ2) is 6.83. The van der Waals surface area contributed by atoms with E-state index in [2.05, 4.69) is 78.9 Å². The highest BCUT2D eigenvalue weighted by Gasteiger charge is 2.23. The van der Waals surface area contributed by atoms with Gasteiger partial charge < -0.3 is 10.1 Å². The quantitative estimate of drug-likeness (QED) is 0.820. The molecule has 2 nitrogen and oxygen atoms in total. The van der Waals surface area contributed by atoms with Gasteiger partial charge in [0.05, 0.1) is 6.61 Å². The molecule has 0 saturated carbocycles. The Hall–Kier alpha value is -1.02. The lowest BCUT2D eigenvalue weighted by Gasteiger charge is -2.29. The van der Waals surface area contributed by atoms with Crippen LogP contribution in [0.4, 0.5) is 0 Å². The van der Waals surface area contributed by atoms with Crippen LogP contribution < -0.4 is 10.1 Å². The predicted molar refractivity (Wildman–Crippen MR) is 92.3 cm³/mol. The summed E-state index contributed by atoms with van der Waals surface area (Å²) in [5.41, 5.74) is 2.79. The Morgan fingerprint density at radius 2 is 1.71 bits per heavy atom. The molecule has 0 atom stereocenters. The fourth-order valence-electron chi connectivity index (χ4n) is 2.16. The molecule has 0 bridgehead atoms. The molecule has 1 N–H and O–H groups in total. The first-order valence-corrected chi connectivity index (χ1v) is 7.98. The van der Waals surface area contributed by atoms with Crippen molar-refractivity contribution in [2.75, 3.05) is 13.2 Å². The predicted octanol–water partition coefficient (Wildman–Crippen LogP) is 4.70. The van der Waals surface area contributed by atoms with Crippen LogP contribution in [0.2, 0.25) is 0 Å². The Kier molecular flexibility index (Phi) is 5.86. The van der Waals surface area contributed by atoms with Crippen molar-refractivity contribution in [1.29, 1.82) is 0 Å². The minimum absolute atomic E-state index is 0.0989.